The summed E-state index contributed by atoms with van der Waals surface area (Å²) in [5.41, 5.74) is 20.6. The van der Waals surface area contributed by atoms with E-state index in [2.05, 4.69) is 81.8 Å². The summed E-state index contributed by atoms with van der Waals surface area (Å²) in [5.74, 6) is -4.68. The summed E-state index contributed by atoms with van der Waals surface area (Å²) >= 11 is 9.54. The molecule has 8 N–H and O–H groups in total. The number of phenolic OH excluding ortho intramolecular Hbond substituents is 1. The van der Waals surface area contributed by atoms with Crippen molar-refractivity contribution in [3.05, 3.63) is 146 Å². The van der Waals surface area contributed by atoms with Gasteiger partial charge < -0.3 is 63.0 Å². The van der Waals surface area contributed by atoms with Crippen molar-refractivity contribution in [2.24, 2.45) is 29.0 Å². The van der Waals surface area contributed by atoms with Gasteiger partial charge in [0.2, 0.25) is 11.8 Å². The van der Waals surface area contributed by atoms with E-state index < -0.39 is 58.9 Å². The fourth-order valence-corrected chi connectivity index (χ4v) is 10.7. The minimum absolute atomic E-state index is 0. The van der Waals surface area contributed by atoms with Crippen molar-refractivity contribution in [1.82, 2.24) is 20.2 Å². The van der Waals surface area contributed by atoms with E-state index in [1.165, 1.54) is 61.3 Å². The van der Waals surface area contributed by atoms with Crippen LogP contribution in [0.15, 0.2) is 106 Å². The summed E-state index contributed by atoms with van der Waals surface area (Å²) in [6, 6.07) is 23.3. The maximum absolute atomic E-state index is 14.9. The zero-order valence-corrected chi connectivity index (χ0v) is 75.2. The Labute approximate surface area is 728 Å². The summed E-state index contributed by atoms with van der Waals surface area (Å²) in [5, 5.41) is 30.3. The maximum atomic E-state index is 14.9. The van der Waals surface area contributed by atoms with Crippen LogP contribution in [0.2, 0.25) is 0 Å². The van der Waals surface area contributed by atoms with Gasteiger partial charge in [-0.15, -0.1) is 0 Å². The number of aromatic hydroxyl groups is 1. The number of rotatable bonds is 28. The van der Waals surface area contributed by atoms with Crippen LogP contribution in [0.1, 0.15) is 133 Å². The number of likely N-dealkylation sites (N-methyl/N-ethyl adjacent to an activating group) is 1. The van der Waals surface area contributed by atoms with E-state index in [1.54, 1.807) is 74.5 Å². The molecule has 29 heteroatoms. The number of aromatic nitrogens is 2. The molecule has 0 radical (unpaired) electrons. The van der Waals surface area contributed by atoms with Gasteiger partial charge in [-0.2, -0.15) is 5.26 Å². The number of benzene rings is 5. The molecule has 7 rings (SSSR count). The third-order valence-corrected chi connectivity index (χ3v) is 16.2. The van der Waals surface area contributed by atoms with Crippen LogP contribution < -0.4 is 185 Å². The molecule has 1 aromatic heterocycles. The molecule has 0 fully saturated rings. The smallest absolute Gasteiger partial charge is 1.00 e. The van der Waals surface area contributed by atoms with Crippen molar-refractivity contribution in [2.75, 3.05) is 58.4 Å². The molecule has 1 aliphatic heterocycles. The van der Waals surface area contributed by atoms with Gasteiger partial charge in [0.05, 0.1) is 36.6 Å². The van der Waals surface area contributed by atoms with Gasteiger partial charge in [-0.3, -0.25) is 28.8 Å². The van der Waals surface area contributed by atoms with Crippen molar-refractivity contribution in [2.45, 2.75) is 124 Å². The SMILES string of the molecule is CCCCBr.CCCCOc1ccc(-c2ncc(C(=O)C[C@@H](CCN)C(=O)N(C)[C@@H]3C(=O)C[C@@H](C)C(=O)N[C@H](C(=O)CCC#N)Cc4ccc(OCCN)c(c4)-c4cc3ccc4OCCN)c(C)n2)cc1F.CCCCOc1ccc(Br)cc1F.O=CO[O-].Oc1ccc(Br)cc1F.[Cs+].[Cs+].[H-]. The van der Waals surface area contributed by atoms with Crippen LogP contribution in [-0.4, -0.2) is 120 Å². The van der Waals surface area contributed by atoms with E-state index >= 15 is 0 Å². The number of nitrogens with zero attached hydrogens (tertiary/aromatic N) is 4. The predicted octanol–water partition coefficient (Wildman–Crippen LogP) is 6.16. The Morgan fingerprint density at radius 2 is 1.32 bits per heavy atom. The van der Waals surface area contributed by atoms with E-state index in [9.17, 15) is 42.4 Å². The largest absolute Gasteiger partial charge is 1.00 e. The van der Waals surface area contributed by atoms with Gasteiger partial charge >= 0.3 is 138 Å². The molecular weight excluding hydrogens is 1740 g/mol. The van der Waals surface area contributed by atoms with Crippen molar-refractivity contribution in [3.8, 4) is 57.3 Å². The molecule has 0 unspecified atom stereocenters. The summed E-state index contributed by atoms with van der Waals surface area (Å²) in [4.78, 5) is 92.1. The third kappa shape index (κ3) is 32.7. The molecule has 2 heterocycles. The first-order valence-electron chi connectivity index (χ1n) is 31.9. The van der Waals surface area contributed by atoms with Crippen LogP contribution >= 0.6 is 47.8 Å². The number of carbonyl (C=O) groups excluding carboxylic acids is 6. The molecule has 0 aliphatic carbocycles. The van der Waals surface area contributed by atoms with Gasteiger partial charge in [0.1, 0.15) is 30.8 Å². The van der Waals surface area contributed by atoms with E-state index in [-0.39, 0.29) is 252 Å². The number of ether oxygens (including phenoxy) is 4. The number of Topliss-reactive ketones (excluding diaryl/α,β-unsaturated/α-hetero) is 3. The van der Waals surface area contributed by atoms with Crippen LogP contribution in [0, 0.1) is 47.5 Å². The molecule has 21 nitrogen and oxygen atoms in total. The van der Waals surface area contributed by atoms with E-state index in [4.69, 9.17) is 51.3 Å². The topological polar surface area (TPSA) is 335 Å². The van der Waals surface area contributed by atoms with Crippen molar-refractivity contribution >= 4 is 83.4 Å². The summed E-state index contributed by atoms with van der Waals surface area (Å²) in [6.07, 6.45) is 7.06. The number of carbonyl (C=O) groups is 6. The number of hydrogen-bond donors (Lipinski definition) is 5. The van der Waals surface area contributed by atoms with Crippen LogP contribution in [-0.2, 0) is 35.3 Å². The number of alkyl halides is 1. The molecule has 2 amide bonds. The second-order valence-corrected chi connectivity index (χ2v) is 24.8. The van der Waals surface area contributed by atoms with Gasteiger partial charge in [-0.25, -0.2) is 23.1 Å². The number of phenols is 1. The molecule has 5 aromatic carbocycles. The van der Waals surface area contributed by atoms with Gasteiger partial charge in [0.25, 0.3) is 6.47 Å². The molecule has 0 spiro atoms. The average Bonchev–Trinajstić information content (AvgIpc) is 0.783. The van der Waals surface area contributed by atoms with Crippen molar-refractivity contribution in [1.29, 1.82) is 5.26 Å². The number of nitrogens with one attached hydrogen (secondary N) is 1. The maximum Gasteiger partial charge on any atom is 1.00 e. The molecule has 0 saturated heterocycles. The quantitative estimate of drug-likeness (QED) is 0.00917. The van der Waals surface area contributed by atoms with Crippen LogP contribution in [0.5, 0.6) is 28.7 Å². The number of hydrogen-bond acceptors (Lipinski definition) is 19. The fourth-order valence-electron chi connectivity index (χ4n) is 9.47. The standard InChI is InChI=1S/C50H61FN8O8.C10H12BrFO.C6H4BrFO.C4H9Br.CH2O3.2Cs.H/c1-5-6-20-65-46-14-11-34(27-39(46)51)48-56-29-38(31(3)57-48)42(61)28-35(15-17-53)50(64)59(4)47-33-10-13-45(67-22-19-55)37(26-33)36-24-32(9-12-44(36)66-21-18-54)25-40(41(60)8-7-16-52)58-49(63)30(2)23-43(47)62;1-2-3-6-13-10-5-4-8(11)7-9(10)12;7-4-1-2-6(9)5(8)3-4;1-2-3-4-5;2-1-4-3;;;/h9-14,24,26-27,29-30,35,40,47H,5-8,15,17-23,25,28,53-55H2,1-4H3,(H,58,63);4-5,7H,2-3,6H2,1H3;1-3,9H;2-4H2,1H3;1,3H;;;/q;;;;;2*+1;-1/p-1/t30-,35-,40+,47+;;;;;;;/m1......./s1. The summed E-state index contributed by atoms with van der Waals surface area (Å²) in [6.45, 7) is 11.0. The number of fused-ring (bicyclic) bond motifs is 5. The average molecular weight is 1820 g/mol. The molecule has 100 heavy (non-hydrogen) atoms. The first kappa shape index (κ1) is 94.3. The van der Waals surface area contributed by atoms with Crippen LogP contribution in [0.25, 0.3) is 22.5 Å². The predicted molar refractivity (Wildman–Crippen MR) is 377 cm³/mol. The van der Waals surface area contributed by atoms with Crippen LogP contribution in [0.4, 0.5) is 13.2 Å². The number of unbranched alkanes of at least 4 members (excludes halogenated alkanes) is 3. The second-order valence-electron chi connectivity index (χ2n) is 22.2. The Balaban J connectivity index is 0.00000241. The second kappa shape index (κ2) is 53.1. The number of nitrogens with two attached hydrogens (primary N) is 3. The van der Waals surface area contributed by atoms with Crippen molar-refractivity contribution in [3.63, 3.8) is 0 Å². The number of aryl methyl sites for hydroxylation is 1. The van der Waals surface area contributed by atoms with Gasteiger partial charge in [-0.05, 0) is 136 Å². The molecule has 4 bridgehead atoms. The number of nitriles is 1. The van der Waals surface area contributed by atoms with E-state index in [0.29, 0.717) is 68.4 Å². The summed E-state index contributed by atoms with van der Waals surface area (Å²) < 4.78 is 64.7. The van der Waals surface area contributed by atoms with Crippen molar-refractivity contribution < 1.29 is 215 Å². The van der Waals surface area contributed by atoms with Gasteiger partial charge in [-0.1, -0.05) is 107 Å². The molecule has 1 aliphatic rings. The van der Waals surface area contributed by atoms with Crippen LogP contribution in [0.3, 0.4) is 0 Å². The van der Waals surface area contributed by atoms with Gasteiger partial charge in [0, 0.05) is 94.8 Å². The monoisotopic (exact) mass is 1820 g/mol. The molecule has 534 valence electrons. The first-order chi connectivity index (χ1) is 47.0. The number of halogens is 6. The number of amides is 2. The van der Waals surface area contributed by atoms with E-state index in [0.717, 1.165) is 35.5 Å². The minimum atomic E-state index is -1.28. The van der Waals surface area contributed by atoms with Gasteiger partial charge in [0.15, 0.2) is 57.9 Å². The molecular formula is C71H88Br3Cs2F3N8O13. The zero-order valence-electron chi connectivity index (χ0n) is 58.9. The summed E-state index contributed by atoms with van der Waals surface area (Å²) in [7, 11) is 1.47. The Morgan fingerprint density at radius 3 is 1.82 bits per heavy atom. The zero-order chi connectivity index (χ0) is 72.7. The normalized spacial score (nSPS) is 13.8. The Hall–Kier alpha value is -3.74. The third-order valence-electron chi connectivity index (χ3n) is 14.6. The number of ketones is 3. The first-order valence-corrected chi connectivity index (χ1v) is 34.6. The molecule has 6 aromatic rings. The Bertz CT molecular complexity index is 3590. The Kier molecular flexibility index (Phi) is 50.1. The minimum Gasteiger partial charge on any atom is -1.00 e. The van der Waals surface area contributed by atoms with E-state index in [1.807, 2.05) is 13.0 Å². The molecule has 0 saturated carbocycles. The fraction of sp³-hybridized carbons (Fsp3) is 0.423. The Morgan fingerprint density at radius 1 is 0.780 bits per heavy atom. The molecule has 4 atom stereocenters.